The molecule has 2 aromatic carbocycles. The summed E-state index contributed by atoms with van der Waals surface area (Å²) in [7, 11) is 2.78. The number of benzene rings is 2. The standard InChI is InChI=1S/C21H20N2O5/c1-14-17(21(25)23(22-14)16-7-5-4-6-8-16)11-15-9-10-18(19(12-15)26-2)28-13-20(24)27-3/h4-12,22H,1,13H2,2-3H3/b17-11-. The maximum atomic E-state index is 12.8. The normalized spacial score (nSPS) is 11.3. The molecule has 0 fully saturated rings. The van der Waals surface area contributed by atoms with Crippen molar-refractivity contribution in [1.29, 1.82) is 0 Å². The van der Waals surface area contributed by atoms with Crippen molar-refractivity contribution < 1.29 is 19.0 Å². The number of aromatic amines is 1. The van der Waals surface area contributed by atoms with Gasteiger partial charge in [0, 0.05) is 0 Å². The Balaban J connectivity index is 1.98. The second-order valence-corrected chi connectivity index (χ2v) is 5.90. The van der Waals surface area contributed by atoms with Gasteiger partial charge in [-0.15, -0.1) is 0 Å². The van der Waals surface area contributed by atoms with Gasteiger partial charge in [-0.05, 0) is 35.9 Å². The van der Waals surface area contributed by atoms with Gasteiger partial charge in [-0.1, -0.05) is 30.8 Å². The van der Waals surface area contributed by atoms with Crippen LogP contribution in [0.2, 0.25) is 0 Å². The molecule has 0 bridgehead atoms. The topological polar surface area (TPSA) is 82.6 Å². The van der Waals surface area contributed by atoms with Crippen molar-refractivity contribution in [2.45, 2.75) is 0 Å². The van der Waals surface area contributed by atoms with Crippen molar-refractivity contribution >= 4 is 18.6 Å². The highest BCUT2D eigenvalue weighted by Crippen LogP contribution is 2.28. The molecule has 1 heterocycles. The molecule has 0 radical (unpaired) electrons. The molecule has 1 aromatic heterocycles. The van der Waals surface area contributed by atoms with Gasteiger partial charge < -0.3 is 14.2 Å². The zero-order valence-electron chi connectivity index (χ0n) is 15.6. The lowest BCUT2D eigenvalue weighted by molar-refractivity contribution is -0.142. The lowest BCUT2D eigenvalue weighted by Crippen LogP contribution is -2.33. The van der Waals surface area contributed by atoms with Crippen LogP contribution in [-0.2, 0) is 9.53 Å². The first-order chi connectivity index (χ1) is 13.5. The van der Waals surface area contributed by atoms with Crippen molar-refractivity contribution in [3.05, 3.63) is 75.0 Å². The maximum absolute atomic E-state index is 12.8. The highest BCUT2D eigenvalue weighted by molar-refractivity contribution is 5.71. The molecule has 0 saturated carbocycles. The number of carbonyl (C=O) groups excluding carboxylic acids is 1. The summed E-state index contributed by atoms with van der Waals surface area (Å²) in [5.41, 5.74) is 1.24. The second-order valence-electron chi connectivity index (χ2n) is 5.90. The molecule has 0 unspecified atom stereocenters. The fraction of sp³-hybridized carbons (Fsp3) is 0.143. The molecule has 1 N–H and O–H groups in total. The molecule has 7 nitrogen and oxygen atoms in total. The fourth-order valence-electron chi connectivity index (χ4n) is 2.66. The molecule has 3 aromatic rings. The van der Waals surface area contributed by atoms with Crippen molar-refractivity contribution in [2.75, 3.05) is 20.8 Å². The molecular weight excluding hydrogens is 360 g/mol. The van der Waals surface area contributed by atoms with E-state index in [0.29, 0.717) is 22.1 Å². The Labute approximate surface area is 161 Å². The molecule has 0 aliphatic rings. The molecule has 0 atom stereocenters. The molecular formula is C21H20N2O5. The molecule has 28 heavy (non-hydrogen) atoms. The van der Waals surface area contributed by atoms with E-state index in [2.05, 4.69) is 16.4 Å². The van der Waals surface area contributed by atoms with Crippen LogP contribution >= 0.6 is 0 Å². The Morgan fingerprint density at radius 2 is 1.89 bits per heavy atom. The number of para-hydroxylation sites is 1. The fourth-order valence-corrected chi connectivity index (χ4v) is 2.66. The van der Waals surface area contributed by atoms with E-state index in [1.807, 2.05) is 30.3 Å². The number of methoxy groups -OCH3 is 2. The van der Waals surface area contributed by atoms with E-state index in [0.717, 1.165) is 11.3 Å². The number of esters is 1. The predicted octanol–water partition coefficient (Wildman–Crippen LogP) is 0.965. The highest BCUT2D eigenvalue weighted by Gasteiger charge is 2.09. The summed E-state index contributed by atoms with van der Waals surface area (Å²) in [5.74, 6) is 0.339. The van der Waals surface area contributed by atoms with Crippen molar-refractivity contribution in [2.24, 2.45) is 0 Å². The first-order valence-corrected chi connectivity index (χ1v) is 8.48. The average molecular weight is 380 g/mol. The van der Waals surface area contributed by atoms with E-state index in [9.17, 15) is 9.59 Å². The van der Waals surface area contributed by atoms with Crippen LogP contribution in [0.15, 0.2) is 53.3 Å². The third-order valence-corrected chi connectivity index (χ3v) is 4.09. The molecule has 144 valence electrons. The van der Waals surface area contributed by atoms with Gasteiger partial charge in [-0.25, -0.2) is 9.48 Å². The van der Waals surface area contributed by atoms with E-state index >= 15 is 0 Å². The van der Waals surface area contributed by atoms with Crippen LogP contribution in [0.1, 0.15) is 5.56 Å². The predicted molar refractivity (Wildman–Crippen MR) is 105 cm³/mol. The number of hydrogen-bond donors (Lipinski definition) is 1. The zero-order valence-corrected chi connectivity index (χ0v) is 15.6. The van der Waals surface area contributed by atoms with Gasteiger partial charge in [0.2, 0.25) is 0 Å². The molecule has 0 amide bonds. The van der Waals surface area contributed by atoms with Crippen molar-refractivity contribution in [3.63, 3.8) is 0 Å². The third kappa shape index (κ3) is 3.98. The van der Waals surface area contributed by atoms with Gasteiger partial charge >= 0.3 is 5.97 Å². The largest absolute Gasteiger partial charge is 0.493 e. The van der Waals surface area contributed by atoms with E-state index < -0.39 is 5.97 Å². The van der Waals surface area contributed by atoms with Gasteiger partial charge in [0.25, 0.3) is 5.56 Å². The van der Waals surface area contributed by atoms with Gasteiger partial charge in [-0.2, -0.15) is 0 Å². The Bertz CT molecular complexity index is 1150. The van der Waals surface area contributed by atoms with E-state index in [-0.39, 0.29) is 12.2 Å². The first kappa shape index (κ1) is 19.0. The van der Waals surface area contributed by atoms with Gasteiger partial charge in [0.15, 0.2) is 18.1 Å². The van der Waals surface area contributed by atoms with Gasteiger partial charge in [0.05, 0.1) is 30.5 Å². The smallest absolute Gasteiger partial charge is 0.343 e. The third-order valence-electron chi connectivity index (χ3n) is 4.09. The molecule has 0 saturated heterocycles. The SMILES string of the molecule is C=c1[nH]n(-c2ccccc2)c(=O)/c1=C\c1ccc(OCC(=O)OC)c(OC)c1. The molecule has 0 spiro atoms. The lowest BCUT2D eigenvalue weighted by atomic mass is 10.1. The number of aromatic nitrogens is 2. The molecule has 0 aliphatic heterocycles. The van der Waals surface area contributed by atoms with Crippen LogP contribution in [0.25, 0.3) is 18.3 Å². The number of nitrogens with one attached hydrogen (secondary N) is 1. The number of ether oxygens (including phenoxy) is 3. The minimum atomic E-state index is -0.492. The molecule has 3 rings (SSSR count). The van der Waals surface area contributed by atoms with Crippen molar-refractivity contribution in [3.8, 4) is 17.2 Å². The Kier molecular flexibility index (Phi) is 5.64. The van der Waals surface area contributed by atoms with E-state index in [1.165, 1.54) is 18.9 Å². The quantitative estimate of drug-likeness (QED) is 0.645. The van der Waals surface area contributed by atoms with Crippen LogP contribution in [0, 0.1) is 0 Å². The average Bonchev–Trinajstić information content (AvgIpc) is 3.01. The Morgan fingerprint density at radius 1 is 1.14 bits per heavy atom. The summed E-state index contributed by atoms with van der Waals surface area (Å²) in [6, 6.07) is 14.4. The monoisotopic (exact) mass is 380 g/mol. The Morgan fingerprint density at radius 3 is 2.57 bits per heavy atom. The lowest BCUT2D eigenvalue weighted by Gasteiger charge is -2.10. The number of hydrogen-bond acceptors (Lipinski definition) is 5. The van der Waals surface area contributed by atoms with E-state index in [4.69, 9.17) is 9.47 Å². The summed E-state index contributed by atoms with van der Waals surface area (Å²) in [6.07, 6.45) is 1.72. The summed E-state index contributed by atoms with van der Waals surface area (Å²) in [6.45, 7) is 3.70. The maximum Gasteiger partial charge on any atom is 0.343 e. The van der Waals surface area contributed by atoms with Crippen LogP contribution in [0.3, 0.4) is 0 Å². The first-order valence-electron chi connectivity index (χ1n) is 8.48. The molecule has 0 aliphatic carbocycles. The molecule has 7 heteroatoms. The van der Waals surface area contributed by atoms with Crippen LogP contribution in [0.5, 0.6) is 11.5 Å². The van der Waals surface area contributed by atoms with Crippen LogP contribution in [-0.4, -0.2) is 36.6 Å². The highest BCUT2D eigenvalue weighted by atomic mass is 16.6. The van der Waals surface area contributed by atoms with Crippen molar-refractivity contribution in [1.82, 2.24) is 9.78 Å². The van der Waals surface area contributed by atoms with E-state index in [1.54, 1.807) is 24.3 Å². The number of H-pyrrole nitrogens is 1. The minimum Gasteiger partial charge on any atom is -0.493 e. The Hall–Kier alpha value is -3.74. The summed E-state index contributed by atoms with van der Waals surface area (Å²) in [5, 5.41) is 3.92. The number of rotatable bonds is 6. The number of carbonyl (C=O) groups is 1. The van der Waals surface area contributed by atoms with Gasteiger partial charge in [-0.3, -0.25) is 9.89 Å². The zero-order chi connectivity index (χ0) is 20.1. The summed E-state index contributed by atoms with van der Waals surface area (Å²) < 4.78 is 16.7. The van der Waals surface area contributed by atoms with Gasteiger partial charge in [0.1, 0.15) is 0 Å². The summed E-state index contributed by atoms with van der Waals surface area (Å²) in [4.78, 5) is 24.0. The van der Waals surface area contributed by atoms with Crippen LogP contribution < -0.4 is 25.6 Å². The second kappa shape index (κ2) is 8.30. The minimum absolute atomic E-state index is 0.207. The number of nitrogens with zero attached hydrogens (tertiary/aromatic N) is 1. The summed E-state index contributed by atoms with van der Waals surface area (Å²) >= 11 is 0. The van der Waals surface area contributed by atoms with Crippen LogP contribution in [0.4, 0.5) is 0 Å².